The molecule has 13 heteroatoms. The molecule has 0 radical (unpaired) electrons. The lowest BCUT2D eigenvalue weighted by molar-refractivity contribution is 0.149. The number of nitrogens with zero attached hydrogens (tertiary/aromatic N) is 5. The van der Waals surface area contributed by atoms with Crippen LogP contribution in [0.2, 0.25) is 25.7 Å². The number of sulfonamides is 1. The molecule has 1 N–H and O–H groups in total. The van der Waals surface area contributed by atoms with E-state index in [4.69, 9.17) is 14.2 Å². The van der Waals surface area contributed by atoms with E-state index in [-0.39, 0.29) is 24.2 Å². The molecule has 1 fully saturated rings. The molecule has 218 valence electrons. The van der Waals surface area contributed by atoms with Gasteiger partial charge in [0.1, 0.15) is 28.1 Å². The first-order chi connectivity index (χ1) is 18.9. The van der Waals surface area contributed by atoms with Gasteiger partial charge in [-0.3, -0.25) is 4.57 Å². The van der Waals surface area contributed by atoms with Gasteiger partial charge in [0.05, 0.1) is 27.4 Å². The molecule has 1 saturated carbocycles. The van der Waals surface area contributed by atoms with E-state index in [1.54, 1.807) is 47.9 Å². The summed E-state index contributed by atoms with van der Waals surface area (Å²) in [5.41, 5.74) is 0.843. The summed E-state index contributed by atoms with van der Waals surface area (Å²) in [6, 6.07) is 11.2. The Balaban J connectivity index is 2.00. The Morgan fingerprint density at radius 2 is 1.65 bits per heavy atom. The van der Waals surface area contributed by atoms with Crippen molar-refractivity contribution in [2.45, 2.75) is 56.8 Å². The van der Waals surface area contributed by atoms with Gasteiger partial charge in [-0.1, -0.05) is 31.8 Å². The minimum absolute atomic E-state index is 0.0210. The largest absolute Gasteiger partial charge is 0.494 e. The second kappa shape index (κ2) is 11.8. The van der Waals surface area contributed by atoms with Crippen LogP contribution in [0.4, 0.5) is 5.95 Å². The van der Waals surface area contributed by atoms with Gasteiger partial charge in [0.25, 0.3) is 0 Å². The molecule has 1 aliphatic carbocycles. The van der Waals surface area contributed by atoms with Crippen molar-refractivity contribution in [1.82, 2.24) is 19.7 Å². The molecule has 4 rings (SSSR count). The van der Waals surface area contributed by atoms with Crippen LogP contribution in [0.3, 0.4) is 0 Å². The molecule has 0 aliphatic heterocycles. The molecule has 3 aromatic rings. The van der Waals surface area contributed by atoms with Gasteiger partial charge < -0.3 is 19.3 Å². The second-order valence-corrected chi connectivity index (χ2v) is 19.0. The van der Waals surface area contributed by atoms with Crippen molar-refractivity contribution in [3.8, 4) is 34.6 Å². The van der Waals surface area contributed by atoms with Crippen LogP contribution in [0, 0.1) is 5.92 Å². The van der Waals surface area contributed by atoms with Crippen molar-refractivity contribution in [3.63, 3.8) is 0 Å². The molecule has 2 heterocycles. The maximum absolute atomic E-state index is 14.3. The fraction of sp³-hybridized carbons (Fsp3) is 0.519. The Labute approximate surface area is 237 Å². The maximum atomic E-state index is 14.3. The molecule has 0 bridgehead atoms. The first-order valence-electron chi connectivity index (χ1n) is 13.3. The van der Waals surface area contributed by atoms with E-state index in [0.29, 0.717) is 34.8 Å². The zero-order valence-corrected chi connectivity index (χ0v) is 26.0. The smallest absolute Gasteiger partial charge is 0.246 e. The summed E-state index contributed by atoms with van der Waals surface area (Å²) in [6.07, 6.45) is 0.655. The number of pyridine rings is 1. The highest BCUT2D eigenvalue weighted by atomic mass is 32.2. The number of hydrogen-bond donors (Lipinski definition) is 1. The first kappa shape index (κ1) is 29.8. The lowest BCUT2D eigenvalue weighted by atomic mass is 10.2. The number of benzene rings is 1. The van der Waals surface area contributed by atoms with Crippen LogP contribution in [-0.2, 0) is 10.0 Å². The third-order valence-electron chi connectivity index (χ3n) is 7.08. The van der Waals surface area contributed by atoms with Crippen molar-refractivity contribution >= 4 is 24.0 Å². The van der Waals surface area contributed by atoms with Crippen LogP contribution < -0.4 is 18.5 Å². The van der Waals surface area contributed by atoms with E-state index in [1.807, 2.05) is 0 Å². The topological polar surface area (TPSA) is 129 Å². The minimum Gasteiger partial charge on any atom is -0.494 e. The quantitative estimate of drug-likeness (QED) is 0.294. The van der Waals surface area contributed by atoms with Crippen LogP contribution in [0.15, 0.2) is 36.4 Å². The summed E-state index contributed by atoms with van der Waals surface area (Å²) >= 11 is 0. The van der Waals surface area contributed by atoms with Crippen LogP contribution in [-0.4, -0.2) is 80.6 Å². The lowest BCUT2D eigenvalue weighted by Crippen LogP contribution is -2.46. The molecule has 1 aromatic carbocycles. The van der Waals surface area contributed by atoms with E-state index in [2.05, 4.69) is 34.8 Å². The molecular weight excluding hydrogens is 550 g/mol. The lowest BCUT2D eigenvalue weighted by Gasteiger charge is -2.31. The van der Waals surface area contributed by atoms with Crippen molar-refractivity contribution in [3.05, 3.63) is 36.4 Å². The van der Waals surface area contributed by atoms with Crippen molar-refractivity contribution in [2.24, 2.45) is 5.92 Å². The fourth-order valence-corrected chi connectivity index (χ4v) is 7.21. The number of aliphatic hydroxyl groups excluding tert-OH is 1. The van der Waals surface area contributed by atoms with E-state index in [1.165, 1.54) is 25.6 Å². The Hall–Kier alpha value is -3.16. The summed E-state index contributed by atoms with van der Waals surface area (Å²) in [6.45, 7) is 8.29. The zero-order valence-electron chi connectivity index (χ0n) is 24.2. The SMILES string of the molecule is COc1cccc(-c2nnc(N(CC[Si](C)(C)C)S(=O)(=O)[C@@H](C)[C@@H](O)C3CC3)n2-c2c(OC)cccc2OC)n1. The van der Waals surface area contributed by atoms with Gasteiger partial charge in [-0.25, -0.2) is 17.7 Å². The normalized spacial score (nSPS) is 15.4. The summed E-state index contributed by atoms with van der Waals surface area (Å²) in [5, 5.41) is 18.8. The highest BCUT2D eigenvalue weighted by Gasteiger charge is 2.43. The third-order valence-corrected chi connectivity index (χ3v) is 11.0. The Morgan fingerprint density at radius 3 is 2.20 bits per heavy atom. The fourth-order valence-electron chi connectivity index (χ4n) is 4.49. The molecule has 0 spiro atoms. The van der Waals surface area contributed by atoms with Crippen molar-refractivity contribution in [1.29, 1.82) is 0 Å². The van der Waals surface area contributed by atoms with Crippen LogP contribution in [0.1, 0.15) is 19.8 Å². The molecule has 2 aromatic heterocycles. The number of anilines is 1. The van der Waals surface area contributed by atoms with Crippen LogP contribution in [0.25, 0.3) is 17.2 Å². The highest BCUT2D eigenvalue weighted by molar-refractivity contribution is 7.93. The molecule has 1 aliphatic rings. The average Bonchev–Trinajstić information content (AvgIpc) is 3.70. The van der Waals surface area contributed by atoms with Gasteiger partial charge in [0.2, 0.25) is 21.9 Å². The van der Waals surface area contributed by atoms with Crippen molar-refractivity contribution < 1.29 is 27.7 Å². The molecule has 40 heavy (non-hydrogen) atoms. The Morgan fingerprint density at radius 1 is 1.02 bits per heavy atom. The second-order valence-electron chi connectivity index (χ2n) is 11.2. The standard InChI is InChI=1S/C27H39N5O6SSi/c1-18(25(33)19-14-15-19)39(34,35)31(16-17-40(5,6)7)27-30-29-26(20-10-8-13-23(28-20)38-4)32(27)24-21(36-2)11-9-12-22(24)37-3/h8-13,18-19,25,33H,14-17H2,1-7H3/t18-,25+/m0/s1. The number of para-hydroxylation sites is 1. The van der Waals surface area contributed by atoms with E-state index in [0.717, 1.165) is 12.8 Å². The predicted molar refractivity (Wildman–Crippen MR) is 157 cm³/mol. The van der Waals surface area contributed by atoms with Gasteiger partial charge in [0, 0.05) is 20.7 Å². The number of aliphatic hydroxyl groups is 1. The third kappa shape index (κ3) is 6.10. The molecule has 0 amide bonds. The van der Waals surface area contributed by atoms with E-state index < -0.39 is 29.5 Å². The summed E-state index contributed by atoms with van der Waals surface area (Å²) in [7, 11) is -1.21. The van der Waals surface area contributed by atoms with Crippen molar-refractivity contribution in [2.75, 3.05) is 32.2 Å². The minimum atomic E-state index is -4.08. The highest BCUT2D eigenvalue weighted by Crippen LogP contribution is 2.41. The monoisotopic (exact) mass is 589 g/mol. The van der Waals surface area contributed by atoms with Crippen LogP contribution in [0.5, 0.6) is 17.4 Å². The van der Waals surface area contributed by atoms with Gasteiger partial charge >= 0.3 is 0 Å². The van der Waals surface area contributed by atoms with Gasteiger partial charge in [-0.15, -0.1) is 10.2 Å². The first-order valence-corrected chi connectivity index (χ1v) is 18.5. The van der Waals surface area contributed by atoms with Gasteiger partial charge in [-0.2, -0.15) is 0 Å². The van der Waals surface area contributed by atoms with Crippen LogP contribution >= 0.6 is 0 Å². The Bertz CT molecular complexity index is 1420. The summed E-state index contributed by atoms with van der Waals surface area (Å²) in [4.78, 5) is 4.55. The molecule has 11 nitrogen and oxygen atoms in total. The molecule has 2 atom stereocenters. The Kier molecular flexibility index (Phi) is 8.76. The summed E-state index contributed by atoms with van der Waals surface area (Å²) < 4.78 is 48.2. The molecular formula is C27H39N5O6SSi. The summed E-state index contributed by atoms with van der Waals surface area (Å²) in [5.74, 6) is 1.55. The van der Waals surface area contributed by atoms with E-state index in [9.17, 15) is 13.5 Å². The van der Waals surface area contributed by atoms with Gasteiger partial charge in [-0.05, 0) is 49.9 Å². The molecule has 0 unspecified atom stereocenters. The number of aromatic nitrogens is 4. The zero-order chi connectivity index (χ0) is 29.2. The van der Waals surface area contributed by atoms with E-state index >= 15 is 0 Å². The molecule has 0 saturated heterocycles. The van der Waals surface area contributed by atoms with Gasteiger partial charge in [0.15, 0.2) is 5.82 Å². The maximum Gasteiger partial charge on any atom is 0.246 e. The number of rotatable bonds is 13. The number of ether oxygens (including phenoxy) is 3. The average molecular weight is 590 g/mol. The number of hydrogen-bond acceptors (Lipinski definition) is 9. The number of methoxy groups -OCH3 is 3. The predicted octanol–water partition coefficient (Wildman–Crippen LogP) is 3.99.